The molecule has 1 aromatic heterocycles. The summed E-state index contributed by atoms with van der Waals surface area (Å²) in [4.78, 5) is 0. The third-order valence-corrected chi connectivity index (χ3v) is 3.25. The highest BCUT2D eigenvalue weighted by Crippen LogP contribution is 2.17. The molecule has 1 aromatic carbocycles. The van der Waals surface area contributed by atoms with Crippen molar-refractivity contribution >= 4 is 11.6 Å². The average molecular weight is 264 g/mol. The normalized spacial score (nSPS) is 12.6. The van der Waals surface area contributed by atoms with Gasteiger partial charge in [0, 0.05) is 11.4 Å². The maximum absolute atomic E-state index is 5.90. The molecule has 0 saturated heterocycles. The van der Waals surface area contributed by atoms with E-state index >= 15 is 0 Å². The number of hydrogen-bond donors (Lipinski definition) is 1. The summed E-state index contributed by atoms with van der Waals surface area (Å²) >= 11 is 5.90. The van der Waals surface area contributed by atoms with Crippen LogP contribution in [-0.4, -0.2) is 13.6 Å². The van der Waals surface area contributed by atoms with Crippen molar-refractivity contribution in [3.63, 3.8) is 0 Å². The van der Waals surface area contributed by atoms with Gasteiger partial charge in [-0.1, -0.05) is 23.7 Å². The zero-order valence-electron chi connectivity index (χ0n) is 10.5. The van der Waals surface area contributed by atoms with Crippen molar-refractivity contribution in [1.82, 2.24) is 5.32 Å². The van der Waals surface area contributed by atoms with Crippen LogP contribution < -0.4 is 5.32 Å². The maximum Gasteiger partial charge on any atom is 0.104 e. The molecule has 0 bridgehead atoms. The molecule has 2 nitrogen and oxygen atoms in total. The fourth-order valence-electron chi connectivity index (χ4n) is 2.17. The van der Waals surface area contributed by atoms with Gasteiger partial charge in [-0.3, -0.25) is 0 Å². The quantitative estimate of drug-likeness (QED) is 0.862. The van der Waals surface area contributed by atoms with E-state index in [1.54, 1.807) is 6.26 Å². The van der Waals surface area contributed by atoms with Gasteiger partial charge in [0.25, 0.3) is 0 Å². The Kier molecular flexibility index (Phi) is 4.85. The van der Waals surface area contributed by atoms with E-state index in [0.717, 1.165) is 30.2 Å². The predicted molar refractivity (Wildman–Crippen MR) is 75.0 cm³/mol. The van der Waals surface area contributed by atoms with Crippen molar-refractivity contribution in [3.05, 3.63) is 59.0 Å². The Hall–Kier alpha value is -1.25. The lowest BCUT2D eigenvalue weighted by atomic mass is 9.95. The smallest absolute Gasteiger partial charge is 0.104 e. The Morgan fingerprint density at radius 1 is 1.17 bits per heavy atom. The minimum atomic E-state index is 0.530. The lowest BCUT2D eigenvalue weighted by Crippen LogP contribution is -2.22. The topological polar surface area (TPSA) is 25.2 Å². The van der Waals surface area contributed by atoms with E-state index in [9.17, 15) is 0 Å². The van der Waals surface area contributed by atoms with E-state index < -0.39 is 0 Å². The fraction of sp³-hybridized carbons (Fsp3) is 0.333. The third kappa shape index (κ3) is 3.90. The molecular weight excluding hydrogens is 246 g/mol. The summed E-state index contributed by atoms with van der Waals surface area (Å²) in [6.07, 6.45) is 3.71. The van der Waals surface area contributed by atoms with Crippen molar-refractivity contribution in [2.24, 2.45) is 5.92 Å². The van der Waals surface area contributed by atoms with Crippen molar-refractivity contribution in [1.29, 1.82) is 0 Å². The largest absolute Gasteiger partial charge is 0.469 e. The van der Waals surface area contributed by atoms with Gasteiger partial charge in [0.1, 0.15) is 5.76 Å². The van der Waals surface area contributed by atoms with Crippen LogP contribution in [0.1, 0.15) is 11.3 Å². The molecule has 0 aliphatic heterocycles. The molecule has 2 rings (SSSR count). The van der Waals surface area contributed by atoms with Crippen molar-refractivity contribution in [2.75, 3.05) is 13.6 Å². The Bertz CT molecular complexity index is 450. The molecule has 1 atom stereocenters. The highest BCUT2D eigenvalue weighted by Gasteiger charge is 2.11. The number of nitrogens with one attached hydrogen (secondary N) is 1. The summed E-state index contributed by atoms with van der Waals surface area (Å²) < 4.78 is 5.42. The Balaban J connectivity index is 1.99. The average Bonchev–Trinajstić information content (AvgIpc) is 2.85. The zero-order chi connectivity index (χ0) is 12.8. The van der Waals surface area contributed by atoms with E-state index in [-0.39, 0.29) is 0 Å². The minimum Gasteiger partial charge on any atom is -0.469 e. The summed E-state index contributed by atoms with van der Waals surface area (Å²) in [5.74, 6) is 1.58. The molecule has 2 aromatic rings. The molecule has 0 radical (unpaired) electrons. The Morgan fingerprint density at radius 3 is 2.56 bits per heavy atom. The molecule has 1 heterocycles. The second kappa shape index (κ2) is 6.62. The van der Waals surface area contributed by atoms with Gasteiger partial charge in [-0.2, -0.15) is 0 Å². The molecule has 3 heteroatoms. The number of rotatable bonds is 6. The molecule has 0 spiro atoms. The van der Waals surface area contributed by atoms with Crippen LogP contribution in [-0.2, 0) is 12.8 Å². The van der Waals surface area contributed by atoms with Crippen LogP contribution in [0.2, 0.25) is 5.02 Å². The van der Waals surface area contributed by atoms with Crippen LogP contribution in [0, 0.1) is 5.92 Å². The highest BCUT2D eigenvalue weighted by atomic mass is 35.5. The van der Waals surface area contributed by atoms with Crippen molar-refractivity contribution in [2.45, 2.75) is 12.8 Å². The van der Waals surface area contributed by atoms with E-state index in [4.69, 9.17) is 16.0 Å². The summed E-state index contributed by atoms with van der Waals surface area (Å²) in [5.41, 5.74) is 1.31. The summed E-state index contributed by atoms with van der Waals surface area (Å²) in [6, 6.07) is 12.0. The molecule has 96 valence electrons. The first-order valence-electron chi connectivity index (χ1n) is 6.19. The first-order chi connectivity index (χ1) is 8.78. The fourth-order valence-corrected chi connectivity index (χ4v) is 2.30. The third-order valence-electron chi connectivity index (χ3n) is 3.00. The van der Waals surface area contributed by atoms with Crippen LogP contribution in [0.3, 0.4) is 0 Å². The predicted octanol–water partition coefficient (Wildman–Crippen LogP) is 3.55. The molecule has 1 N–H and O–H groups in total. The van der Waals surface area contributed by atoms with Crippen LogP contribution in [0.15, 0.2) is 47.1 Å². The number of hydrogen-bond acceptors (Lipinski definition) is 2. The molecule has 1 unspecified atom stereocenters. The molecule has 18 heavy (non-hydrogen) atoms. The second-order valence-corrected chi connectivity index (χ2v) is 4.97. The van der Waals surface area contributed by atoms with Gasteiger partial charge in [0.2, 0.25) is 0 Å². The SMILES string of the molecule is CNCC(Cc1ccc(Cl)cc1)Cc1ccco1. The number of halogens is 1. The second-order valence-electron chi connectivity index (χ2n) is 4.54. The van der Waals surface area contributed by atoms with Crippen LogP contribution in [0.4, 0.5) is 0 Å². The lowest BCUT2D eigenvalue weighted by Gasteiger charge is -2.15. The highest BCUT2D eigenvalue weighted by molar-refractivity contribution is 6.30. The van der Waals surface area contributed by atoms with Gasteiger partial charge < -0.3 is 9.73 Å². The molecule has 0 aliphatic rings. The first kappa shape index (κ1) is 13.2. The van der Waals surface area contributed by atoms with E-state index in [2.05, 4.69) is 17.4 Å². The van der Waals surface area contributed by atoms with Gasteiger partial charge in [0.15, 0.2) is 0 Å². The van der Waals surface area contributed by atoms with Gasteiger partial charge in [-0.25, -0.2) is 0 Å². The minimum absolute atomic E-state index is 0.530. The Labute approximate surface area is 113 Å². The molecule has 0 aliphatic carbocycles. The van der Waals surface area contributed by atoms with Crippen molar-refractivity contribution in [3.8, 4) is 0 Å². The maximum atomic E-state index is 5.90. The Morgan fingerprint density at radius 2 is 1.94 bits per heavy atom. The van der Waals surface area contributed by atoms with Gasteiger partial charge in [-0.05, 0) is 55.8 Å². The molecule has 0 fully saturated rings. The van der Waals surface area contributed by atoms with Gasteiger partial charge in [-0.15, -0.1) is 0 Å². The van der Waals surface area contributed by atoms with E-state index in [0.29, 0.717) is 5.92 Å². The lowest BCUT2D eigenvalue weighted by molar-refractivity contribution is 0.425. The number of furan rings is 1. The van der Waals surface area contributed by atoms with Crippen LogP contribution in [0.25, 0.3) is 0 Å². The van der Waals surface area contributed by atoms with Crippen molar-refractivity contribution < 1.29 is 4.42 Å². The van der Waals surface area contributed by atoms with Crippen LogP contribution >= 0.6 is 11.6 Å². The summed E-state index contributed by atoms with van der Waals surface area (Å²) in [7, 11) is 1.98. The molecule has 0 saturated carbocycles. The number of benzene rings is 1. The summed E-state index contributed by atoms with van der Waals surface area (Å²) in [6.45, 7) is 0.976. The zero-order valence-corrected chi connectivity index (χ0v) is 11.3. The van der Waals surface area contributed by atoms with E-state index in [1.807, 2.05) is 31.3 Å². The van der Waals surface area contributed by atoms with Gasteiger partial charge >= 0.3 is 0 Å². The molecule has 0 amide bonds. The first-order valence-corrected chi connectivity index (χ1v) is 6.57. The molecular formula is C15H18ClNO. The van der Waals surface area contributed by atoms with Crippen LogP contribution in [0.5, 0.6) is 0 Å². The monoisotopic (exact) mass is 263 g/mol. The van der Waals surface area contributed by atoms with E-state index in [1.165, 1.54) is 5.56 Å². The standard InChI is InChI=1S/C15H18ClNO/c1-17-11-13(10-15-3-2-8-18-15)9-12-4-6-14(16)7-5-12/h2-8,13,17H,9-11H2,1H3. The summed E-state index contributed by atoms with van der Waals surface area (Å²) in [5, 5.41) is 4.03. The van der Waals surface area contributed by atoms with Gasteiger partial charge in [0.05, 0.1) is 6.26 Å².